The fourth-order valence-corrected chi connectivity index (χ4v) is 4.96. The first kappa shape index (κ1) is 17.8. The number of anilines is 2. The number of allylic oxidation sites excluding steroid dienone is 1. The maximum absolute atomic E-state index is 13.2. The largest absolute Gasteiger partial charge is 0.480 e. The van der Waals surface area contributed by atoms with Crippen LogP contribution in [-0.2, 0) is 9.59 Å². The van der Waals surface area contributed by atoms with E-state index in [1.807, 2.05) is 46.7 Å². The zero-order chi connectivity index (χ0) is 19.2. The van der Waals surface area contributed by atoms with Crippen molar-refractivity contribution in [2.24, 2.45) is 5.41 Å². The third-order valence-electron chi connectivity index (χ3n) is 5.12. The highest BCUT2D eigenvalue weighted by Crippen LogP contribution is 2.48. The van der Waals surface area contributed by atoms with Crippen LogP contribution in [0.15, 0.2) is 53.0 Å². The summed E-state index contributed by atoms with van der Waals surface area (Å²) in [6.07, 6.45) is 1.22. The summed E-state index contributed by atoms with van der Waals surface area (Å²) >= 11 is 1.55. The Morgan fingerprint density at radius 3 is 2.74 bits per heavy atom. The van der Waals surface area contributed by atoms with Gasteiger partial charge in [-0.3, -0.25) is 9.59 Å². The van der Waals surface area contributed by atoms with Gasteiger partial charge in [-0.1, -0.05) is 32.0 Å². The Morgan fingerprint density at radius 2 is 2.04 bits per heavy atom. The van der Waals surface area contributed by atoms with E-state index in [1.54, 1.807) is 11.3 Å². The molecule has 2 aromatic rings. The lowest BCUT2D eigenvalue weighted by Crippen LogP contribution is -2.38. The van der Waals surface area contributed by atoms with E-state index < -0.39 is 12.0 Å². The lowest BCUT2D eigenvalue weighted by molar-refractivity contribution is -0.135. The predicted octanol–water partition coefficient (Wildman–Crippen LogP) is 4.45. The highest BCUT2D eigenvalue weighted by atomic mass is 32.1. The highest BCUT2D eigenvalue weighted by molar-refractivity contribution is 7.10. The normalized spacial score (nSPS) is 21.2. The van der Waals surface area contributed by atoms with Gasteiger partial charge in [-0.15, -0.1) is 11.3 Å². The Balaban J connectivity index is 1.96. The topological polar surface area (TPSA) is 69.6 Å². The summed E-state index contributed by atoms with van der Waals surface area (Å²) in [6, 6.07) is 11.2. The molecule has 0 saturated heterocycles. The Hall–Kier alpha value is -2.60. The molecule has 2 N–H and O–H groups in total. The van der Waals surface area contributed by atoms with E-state index >= 15 is 0 Å². The van der Waals surface area contributed by atoms with Crippen molar-refractivity contribution in [1.29, 1.82) is 0 Å². The minimum Gasteiger partial charge on any atom is -0.480 e. The summed E-state index contributed by atoms with van der Waals surface area (Å²) in [5.41, 5.74) is 3.14. The lowest BCUT2D eigenvalue weighted by Gasteiger charge is -2.36. The summed E-state index contributed by atoms with van der Waals surface area (Å²) in [6.45, 7) is 4.03. The highest BCUT2D eigenvalue weighted by Gasteiger charge is 2.42. The molecule has 0 saturated carbocycles. The van der Waals surface area contributed by atoms with Gasteiger partial charge in [0.15, 0.2) is 5.78 Å². The van der Waals surface area contributed by atoms with Gasteiger partial charge in [0.2, 0.25) is 0 Å². The number of benzene rings is 1. The number of carboxylic acids is 1. The minimum absolute atomic E-state index is 0.0929. The van der Waals surface area contributed by atoms with Crippen molar-refractivity contribution >= 4 is 34.5 Å². The van der Waals surface area contributed by atoms with Crippen LogP contribution in [-0.4, -0.2) is 23.4 Å². The number of aliphatic carboxylic acids is 1. The molecular formula is C21H22N2O3S. The second-order valence-corrected chi connectivity index (χ2v) is 8.89. The zero-order valence-electron chi connectivity index (χ0n) is 15.4. The number of nitrogens with one attached hydrogen (secondary N) is 1. The van der Waals surface area contributed by atoms with Crippen molar-refractivity contribution in [3.05, 3.63) is 57.9 Å². The number of ketones is 1. The number of nitrogens with zero attached hydrogens (tertiary/aromatic N) is 1. The number of carboxylic acid groups (broad SMARTS) is 1. The van der Waals surface area contributed by atoms with E-state index in [0.29, 0.717) is 12.0 Å². The van der Waals surface area contributed by atoms with Gasteiger partial charge in [-0.2, -0.15) is 0 Å². The first-order chi connectivity index (χ1) is 12.9. The SMILES string of the molecule is CC1(C)CC(=O)C2=C(C1)Nc1ccccc1N(CC(=O)O)[C@H]2c1cccs1. The molecule has 6 heteroatoms. The van der Waals surface area contributed by atoms with Gasteiger partial charge in [-0.05, 0) is 35.4 Å². The molecule has 1 aliphatic heterocycles. The second-order valence-electron chi connectivity index (χ2n) is 7.91. The molecule has 2 heterocycles. The lowest BCUT2D eigenvalue weighted by atomic mass is 9.74. The molecule has 0 unspecified atom stereocenters. The minimum atomic E-state index is -0.918. The maximum Gasteiger partial charge on any atom is 0.323 e. The number of Topliss-reactive ketones (excluding diaryl/α,β-unsaturated/α-hetero) is 1. The van der Waals surface area contributed by atoms with Crippen LogP contribution in [0.2, 0.25) is 0 Å². The average molecular weight is 382 g/mol. The molecule has 5 nitrogen and oxygen atoms in total. The standard InChI is InChI=1S/C21H22N2O3S/c1-21(2)10-14-19(16(24)11-21)20(17-8-5-9-27-17)23(12-18(25)26)15-7-4-3-6-13(15)22-14/h3-9,20,22H,10-12H2,1-2H3,(H,25,26)/t20-/m0/s1. The average Bonchev–Trinajstić information content (AvgIpc) is 3.06. The van der Waals surface area contributed by atoms with E-state index in [2.05, 4.69) is 19.2 Å². The zero-order valence-corrected chi connectivity index (χ0v) is 16.2. The fourth-order valence-electron chi connectivity index (χ4n) is 4.12. The van der Waals surface area contributed by atoms with Crippen molar-refractivity contribution in [1.82, 2.24) is 0 Å². The summed E-state index contributed by atoms with van der Waals surface area (Å²) in [4.78, 5) is 27.7. The molecule has 1 aliphatic carbocycles. The number of rotatable bonds is 3. The Morgan fingerprint density at radius 1 is 1.26 bits per heavy atom. The first-order valence-corrected chi connectivity index (χ1v) is 9.88. The monoisotopic (exact) mass is 382 g/mol. The van der Waals surface area contributed by atoms with Crippen LogP contribution in [0.3, 0.4) is 0 Å². The van der Waals surface area contributed by atoms with Crippen LogP contribution < -0.4 is 10.2 Å². The molecule has 4 rings (SSSR count). The van der Waals surface area contributed by atoms with E-state index in [1.165, 1.54) is 0 Å². The van der Waals surface area contributed by atoms with Crippen LogP contribution in [0.4, 0.5) is 11.4 Å². The van der Waals surface area contributed by atoms with Crippen molar-refractivity contribution in [3.8, 4) is 0 Å². The molecule has 0 amide bonds. The Kier molecular flexibility index (Phi) is 4.30. The van der Waals surface area contributed by atoms with Gasteiger partial charge in [-0.25, -0.2) is 0 Å². The van der Waals surface area contributed by atoms with Crippen molar-refractivity contribution in [3.63, 3.8) is 0 Å². The van der Waals surface area contributed by atoms with E-state index in [4.69, 9.17) is 0 Å². The third-order valence-corrected chi connectivity index (χ3v) is 6.05. The molecule has 0 bridgehead atoms. The smallest absolute Gasteiger partial charge is 0.323 e. The fraction of sp³-hybridized carbons (Fsp3) is 0.333. The van der Waals surface area contributed by atoms with Gasteiger partial charge in [0.25, 0.3) is 0 Å². The number of para-hydroxylation sites is 2. The quantitative estimate of drug-likeness (QED) is 0.821. The third kappa shape index (κ3) is 3.25. The molecule has 0 fully saturated rings. The van der Waals surface area contributed by atoms with Gasteiger partial charge in [0.1, 0.15) is 6.54 Å². The van der Waals surface area contributed by atoms with Crippen LogP contribution >= 0.6 is 11.3 Å². The number of hydrogen-bond donors (Lipinski definition) is 2. The summed E-state index contributed by atoms with van der Waals surface area (Å²) in [5.74, 6) is -0.825. The van der Waals surface area contributed by atoms with Gasteiger partial charge < -0.3 is 15.3 Å². The van der Waals surface area contributed by atoms with Crippen molar-refractivity contribution in [2.45, 2.75) is 32.7 Å². The first-order valence-electron chi connectivity index (χ1n) is 9.00. The summed E-state index contributed by atoms with van der Waals surface area (Å²) in [5, 5.41) is 15.0. The summed E-state index contributed by atoms with van der Waals surface area (Å²) < 4.78 is 0. The molecule has 0 radical (unpaired) electrons. The Bertz CT molecular complexity index is 931. The molecule has 1 atom stereocenters. The molecule has 2 aliphatic rings. The van der Waals surface area contributed by atoms with E-state index in [9.17, 15) is 14.7 Å². The van der Waals surface area contributed by atoms with E-state index in [-0.39, 0.29) is 17.7 Å². The van der Waals surface area contributed by atoms with Crippen LogP contribution in [0.1, 0.15) is 37.6 Å². The van der Waals surface area contributed by atoms with Gasteiger partial charge >= 0.3 is 5.97 Å². The molecule has 1 aromatic heterocycles. The molecule has 0 spiro atoms. The molecule has 140 valence electrons. The van der Waals surface area contributed by atoms with Crippen molar-refractivity contribution < 1.29 is 14.7 Å². The Labute approximate surface area is 162 Å². The molecular weight excluding hydrogens is 360 g/mol. The van der Waals surface area contributed by atoms with Crippen LogP contribution in [0.5, 0.6) is 0 Å². The molecule has 1 aromatic carbocycles. The van der Waals surface area contributed by atoms with E-state index in [0.717, 1.165) is 28.4 Å². The number of carbonyl (C=O) groups is 2. The number of hydrogen-bond acceptors (Lipinski definition) is 5. The second kappa shape index (κ2) is 6.53. The van der Waals surface area contributed by atoms with Gasteiger partial charge in [0, 0.05) is 22.6 Å². The number of fused-ring (bicyclic) bond motifs is 1. The van der Waals surface area contributed by atoms with Gasteiger partial charge in [0.05, 0.1) is 17.4 Å². The number of thiophene rings is 1. The van der Waals surface area contributed by atoms with Crippen molar-refractivity contribution in [2.75, 3.05) is 16.8 Å². The van der Waals surface area contributed by atoms with Crippen LogP contribution in [0.25, 0.3) is 0 Å². The maximum atomic E-state index is 13.2. The van der Waals surface area contributed by atoms with Crippen LogP contribution in [0, 0.1) is 5.41 Å². The number of carbonyl (C=O) groups excluding carboxylic acids is 1. The molecule has 27 heavy (non-hydrogen) atoms. The summed E-state index contributed by atoms with van der Waals surface area (Å²) in [7, 11) is 0. The predicted molar refractivity (Wildman–Crippen MR) is 107 cm³/mol.